The predicted molar refractivity (Wildman–Crippen MR) is 108 cm³/mol. The van der Waals surface area contributed by atoms with Crippen LogP contribution in [0.5, 0.6) is 11.5 Å². The van der Waals surface area contributed by atoms with Gasteiger partial charge in [0.1, 0.15) is 0 Å². The van der Waals surface area contributed by atoms with Crippen LogP contribution < -0.4 is 14.9 Å². The van der Waals surface area contributed by atoms with E-state index in [0.29, 0.717) is 17.1 Å². The molecule has 1 saturated heterocycles. The van der Waals surface area contributed by atoms with Crippen molar-refractivity contribution in [2.24, 2.45) is 5.10 Å². The number of morpholine rings is 1. The van der Waals surface area contributed by atoms with Crippen molar-refractivity contribution in [2.75, 3.05) is 33.1 Å². The van der Waals surface area contributed by atoms with Crippen LogP contribution in [0, 0.1) is 0 Å². The topological polar surface area (TPSA) is 72.4 Å². The zero-order valence-corrected chi connectivity index (χ0v) is 16.8. The maximum atomic E-state index is 12.3. The summed E-state index contributed by atoms with van der Waals surface area (Å²) in [6.45, 7) is 4.50. The van der Waals surface area contributed by atoms with Crippen molar-refractivity contribution in [3.05, 3.63) is 57.6 Å². The molecule has 0 spiro atoms. The standard InChI is InChI=1S/C20H20BrN3O4/c21-17-10-19-18(27-13-28-19)9-16(17)11-22-23-20(25)15-3-1-14(2-4-15)12-24-5-7-26-8-6-24/h1-4,9-11H,5-8,12-13H2,(H,23,25)/b22-11+. The summed E-state index contributed by atoms with van der Waals surface area (Å²) >= 11 is 3.46. The Morgan fingerprint density at radius 3 is 2.61 bits per heavy atom. The number of fused-ring (bicyclic) bond motifs is 1. The van der Waals surface area contributed by atoms with Crippen LogP contribution in [-0.4, -0.2) is 50.1 Å². The minimum atomic E-state index is -0.258. The lowest BCUT2D eigenvalue weighted by Gasteiger charge is -2.26. The molecule has 2 aliphatic heterocycles. The molecular formula is C20H20BrN3O4. The summed E-state index contributed by atoms with van der Waals surface area (Å²) in [6, 6.07) is 11.2. The van der Waals surface area contributed by atoms with Crippen LogP contribution in [-0.2, 0) is 11.3 Å². The first-order valence-corrected chi connectivity index (χ1v) is 9.80. The third-order valence-corrected chi connectivity index (χ3v) is 5.27. The molecule has 7 nitrogen and oxygen atoms in total. The molecule has 1 N–H and O–H groups in total. The van der Waals surface area contributed by atoms with Gasteiger partial charge in [-0.15, -0.1) is 0 Å². The largest absolute Gasteiger partial charge is 0.454 e. The number of benzene rings is 2. The van der Waals surface area contributed by atoms with Crippen LogP contribution in [0.25, 0.3) is 0 Å². The monoisotopic (exact) mass is 445 g/mol. The van der Waals surface area contributed by atoms with Crippen LogP contribution in [0.3, 0.4) is 0 Å². The van der Waals surface area contributed by atoms with Crippen molar-refractivity contribution in [2.45, 2.75) is 6.54 Å². The minimum Gasteiger partial charge on any atom is -0.454 e. The molecule has 0 unspecified atom stereocenters. The van der Waals surface area contributed by atoms with Gasteiger partial charge >= 0.3 is 0 Å². The molecule has 2 aliphatic rings. The van der Waals surface area contributed by atoms with Gasteiger partial charge < -0.3 is 14.2 Å². The predicted octanol–water partition coefficient (Wildman–Crippen LogP) is 2.77. The van der Waals surface area contributed by atoms with E-state index in [1.54, 1.807) is 6.21 Å². The Morgan fingerprint density at radius 2 is 1.86 bits per heavy atom. The van der Waals surface area contributed by atoms with Gasteiger partial charge in [0, 0.05) is 35.2 Å². The second kappa shape index (κ2) is 8.72. The van der Waals surface area contributed by atoms with Gasteiger partial charge in [-0.25, -0.2) is 5.43 Å². The van der Waals surface area contributed by atoms with E-state index in [4.69, 9.17) is 14.2 Å². The number of hydrogen-bond donors (Lipinski definition) is 1. The first kappa shape index (κ1) is 18.9. The Kier molecular flexibility index (Phi) is 5.90. The summed E-state index contributed by atoms with van der Waals surface area (Å²) in [5.41, 5.74) is 5.07. The van der Waals surface area contributed by atoms with Crippen molar-refractivity contribution < 1.29 is 19.0 Å². The van der Waals surface area contributed by atoms with Gasteiger partial charge in [0.25, 0.3) is 5.91 Å². The molecular weight excluding hydrogens is 426 g/mol. The van der Waals surface area contributed by atoms with Crippen LogP contribution in [0.4, 0.5) is 0 Å². The Labute approximate surface area is 171 Å². The lowest BCUT2D eigenvalue weighted by Crippen LogP contribution is -2.35. The molecule has 0 bridgehead atoms. The van der Waals surface area contributed by atoms with E-state index < -0.39 is 0 Å². The van der Waals surface area contributed by atoms with Crippen molar-refractivity contribution in [1.82, 2.24) is 10.3 Å². The number of halogens is 1. The number of hydrazone groups is 1. The number of nitrogens with zero attached hydrogens (tertiary/aromatic N) is 2. The van der Waals surface area contributed by atoms with Gasteiger partial charge in [-0.3, -0.25) is 9.69 Å². The zero-order chi connectivity index (χ0) is 19.3. The third kappa shape index (κ3) is 4.52. The van der Waals surface area contributed by atoms with Crippen molar-refractivity contribution in [1.29, 1.82) is 0 Å². The van der Waals surface area contributed by atoms with Crippen LogP contribution in [0.15, 0.2) is 46.0 Å². The van der Waals surface area contributed by atoms with E-state index in [-0.39, 0.29) is 12.7 Å². The molecule has 0 aromatic heterocycles. The molecule has 2 heterocycles. The quantitative estimate of drug-likeness (QED) is 0.565. The minimum absolute atomic E-state index is 0.209. The highest BCUT2D eigenvalue weighted by atomic mass is 79.9. The van der Waals surface area contributed by atoms with E-state index in [1.807, 2.05) is 36.4 Å². The molecule has 1 fully saturated rings. The molecule has 146 valence electrons. The number of carbonyl (C=O) groups excluding carboxylic acids is 1. The van der Waals surface area contributed by atoms with Crippen LogP contribution >= 0.6 is 15.9 Å². The van der Waals surface area contributed by atoms with Gasteiger partial charge in [-0.2, -0.15) is 5.10 Å². The Hall–Kier alpha value is -2.42. The number of nitrogens with one attached hydrogen (secondary N) is 1. The van der Waals surface area contributed by atoms with E-state index in [9.17, 15) is 4.79 Å². The van der Waals surface area contributed by atoms with E-state index in [2.05, 4.69) is 31.4 Å². The Morgan fingerprint density at radius 1 is 1.14 bits per heavy atom. The fourth-order valence-corrected chi connectivity index (χ4v) is 3.46. The highest BCUT2D eigenvalue weighted by molar-refractivity contribution is 9.10. The highest BCUT2D eigenvalue weighted by Crippen LogP contribution is 2.36. The summed E-state index contributed by atoms with van der Waals surface area (Å²) < 4.78 is 16.8. The normalized spacial score (nSPS) is 16.5. The first-order valence-electron chi connectivity index (χ1n) is 9.00. The summed E-state index contributed by atoms with van der Waals surface area (Å²) in [5, 5.41) is 4.05. The Bertz CT molecular complexity index is 880. The van der Waals surface area contributed by atoms with Crippen molar-refractivity contribution >= 4 is 28.1 Å². The van der Waals surface area contributed by atoms with Gasteiger partial charge in [-0.1, -0.05) is 12.1 Å². The first-order chi connectivity index (χ1) is 13.7. The average Bonchev–Trinajstić information content (AvgIpc) is 3.16. The van der Waals surface area contributed by atoms with Crippen LogP contribution in [0.2, 0.25) is 0 Å². The van der Waals surface area contributed by atoms with Crippen molar-refractivity contribution in [3.8, 4) is 11.5 Å². The Balaban J connectivity index is 1.34. The number of rotatable bonds is 5. The summed E-state index contributed by atoms with van der Waals surface area (Å²) in [5.74, 6) is 1.09. The second-order valence-electron chi connectivity index (χ2n) is 6.51. The van der Waals surface area contributed by atoms with Crippen LogP contribution in [0.1, 0.15) is 21.5 Å². The number of amides is 1. The molecule has 2 aromatic rings. The lowest BCUT2D eigenvalue weighted by molar-refractivity contribution is 0.0342. The smallest absolute Gasteiger partial charge is 0.271 e. The van der Waals surface area contributed by atoms with Gasteiger partial charge in [0.05, 0.1) is 19.4 Å². The molecule has 1 amide bonds. The fourth-order valence-electron chi connectivity index (χ4n) is 3.04. The van der Waals surface area contributed by atoms with Crippen molar-refractivity contribution in [3.63, 3.8) is 0 Å². The van der Waals surface area contributed by atoms with E-state index in [0.717, 1.165) is 42.9 Å². The summed E-state index contributed by atoms with van der Waals surface area (Å²) in [4.78, 5) is 14.6. The molecule has 2 aromatic carbocycles. The molecule has 28 heavy (non-hydrogen) atoms. The zero-order valence-electron chi connectivity index (χ0n) is 15.2. The maximum absolute atomic E-state index is 12.3. The molecule has 8 heteroatoms. The van der Waals surface area contributed by atoms with Gasteiger partial charge in [0.15, 0.2) is 11.5 Å². The number of ether oxygens (including phenoxy) is 3. The molecule has 4 rings (SSSR count). The third-order valence-electron chi connectivity index (χ3n) is 4.59. The molecule has 0 atom stereocenters. The fraction of sp³-hybridized carbons (Fsp3) is 0.300. The van der Waals surface area contributed by atoms with E-state index in [1.165, 1.54) is 5.56 Å². The number of hydrogen-bond acceptors (Lipinski definition) is 6. The second-order valence-corrected chi connectivity index (χ2v) is 7.37. The molecule has 0 radical (unpaired) electrons. The highest BCUT2D eigenvalue weighted by Gasteiger charge is 2.15. The van der Waals surface area contributed by atoms with Gasteiger partial charge in [0.2, 0.25) is 6.79 Å². The van der Waals surface area contributed by atoms with E-state index >= 15 is 0 Å². The lowest BCUT2D eigenvalue weighted by atomic mass is 10.1. The average molecular weight is 446 g/mol. The number of carbonyl (C=O) groups is 1. The van der Waals surface area contributed by atoms with Gasteiger partial charge in [-0.05, 0) is 45.8 Å². The maximum Gasteiger partial charge on any atom is 0.271 e. The molecule has 0 aliphatic carbocycles. The summed E-state index contributed by atoms with van der Waals surface area (Å²) in [6.07, 6.45) is 1.57. The summed E-state index contributed by atoms with van der Waals surface area (Å²) in [7, 11) is 0. The SMILES string of the molecule is O=C(N/N=C/c1cc2c(cc1Br)OCO2)c1ccc(CN2CCOCC2)cc1. The molecule has 0 saturated carbocycles.